The first-order valence-corrected chi connectivity index (χ1v) is 6.92. The van der Waals surface area contributed by atoms with Crippen molar-refractivity contribution < 1.29 is 0 Å². The fourth-order valence-corrected chi connectivity index (χ4v) is 2.13. The van der Waals surface area contributed by atoms with Gasteiger partial charge in [-0.05, 0) is 0 Å². The molecule has 0 spiro atoms. The average Bonchev–Trinajstić information content (AvgIpc) is 2.22. The zero-order valence-corrected chi connectivity index (χ0v) is 10.9. The van der Waals surface area contributed by atoms with Crippen LogP contribution in [0.2, 0.25) is 0 Å². The minimum Gasteiger partial charge on any atom is -0.0654 e. The predicted molar refractivity (Wildman–Crippen MR) is 74.2 cm³/mol. The van der Waals surface area contributed by atoms with E-state index in [1.807, 2.05) is 5.97 Å². The molecule has 0 rings (SSSR count). The van der Waals surface area contributed by atoms with Crippen molar-refractivity contribution in [2.75, 3.05) is 0 Å². The van der Waals surface area contributed by atoms with Gasteiger partial charge >= 0.3 is 90.5 Å². The molecule has 0 saturated carbocycles. The summed E-state index contributed by atoms with van der Waals surface area (Å²) in [6, 6.07) is 0. The smallest absolute Gasteiger partial charge is 0.0654 e. The number of unbranched alkanes of at least 4 members (excludes halogenated alkanes) is 6. The molecule has 0 nitrogen and oxygen atoms in total. The van der Waals surface area contributed by atoms with Gasteiger partial charge in [-0.3, -0.25) is 0 Å². The molecule has 0 bridgehead atoms. The van der Waals surface area contributed by atoms with Gasteiger partial charge in [0.2, 0.25) is 0 Å². The Morgan fingerprint density at radius 3 is 2.13 bits per heavy atom. The van der Waals surface area contributed by atoms with Gasteiger partial charge in [0.05, 0.1) is 0 Å². The van der Waals surface area contributed by atoms with Crippen LogP contribution >= 0.6 is 0 Å². The summed E-state index contributed by atoms with van der Waals surface area (Å²) < 4.78 is 0. The van der Waals surface area contributed by atoms with Crippen LogP contribution in [0, 0.1) is 5.92 Å². The second-order valence-electron chi connectivity index (χ2n) is 4.88. The first-order valence-electron chi connectivity index (χ1n) is 6.92. The van der Waals surface area contributed by atoms with E-state index in [-0.39, 0.29) is 0 Å². The van der Waals surface area contributed by atoms with Crippen molar-refractivity contribution >= 4 is 13.5 Å². The molecule has 0 amide bonds. The first kappa shape index (κ1) is 14.9. The second kappa shape index (κ2) is 12.0. The van der Waals surface area contributed by atoms with Gasteiger partial charge in [0.1, 0.15) is 0 Å². The quantitative estimate of drug-likeness (QED) is 0.352. The van der Waals surface area contributed by atoms with Crippen LogP contribution in [0.25, 0.3) is 0 Å². The van der Waals surface area contributed by atoms with Crippen molar-refractivity contribution in [1.29, 1.82) is 0 Å². The normalized spacial score (nSPS) is 12.6. The maximum absolute atomic E-state index is 3.74. The van der Waals surface area contributed by atoms with Crippen LogP contribution in [0.15, 0.2) is 0 Å². The first-order chi connectivity index (χ1) is 7.31. The third kappa shape index (κ3) is 11.9. The third-order valence-corrected chi connectivity index (χ3v) is 3.14. The molecule has 0 aromatic carbocycles. The van der Waals surface area contributed by atoms with E-state index in [4.69, 9.17) is 0 Å². The third-order valence-electron chi connectivity index (χ3n) is 3.14. The second-order valence-corrected chi connectivity index (χ2v) is 4.88. The van der Waals surface area contributed by atoms with Crippen molar-refractivity contribution in [3.05, 3.63) is 0 Å². The Balaban J connectivity index is 3.01. The Morgan fingerprint density at radius 2 is 1.53 bits per heavy atom. The summed E-state index contributed by atoms with van der Waals surface area (Å²) >= 11 is 0. The number of hydrogen-bond donors (Lipinski definition) is 0. The van der Waals surface area contributed by atoms with E-state index in [9.17, 15) is 0 Å². The van der Waals surface area contributed by atoms with Crippen molar-refractivity contribution in [2.24, 2.45) is 5.92 Å². The molecule has 0 saturated heterocycles. The summed E-state index contributed by atoms with van der Waals surface area (Å²) in [6.07, 6.45) is 13.9. The van der Waals surface area contributed by atoms with Gasteiger partial charge in [-0.2, -0.15) is 0 Å². The van der Waals surface area contributed by atoms with E-state index in [0.717, 1.165) is 5.92 Å². The van der Waals surface area contributed by atoms with E-state index in [2.05, 4.69) is 21.3 Å². The standard InChI is InChI=1S/C14H29B/c1-3-11-14(2)12-9-7-5-4-6-8-10-13-15/h13-15H,3-12H2,1-2H3. The average molecular weight is 208 g/mol. The zero-order chi connectivity index (χ0) is 11.4. The fourth-order valence-electron chi connectivity index (χ4n) is 2.13. The van der Waals surface area contributed by atoms with Gasteiger partial charge in [-0.1, -0.05) is 6.92 Å². The van der Waals surface area contributed by atoms with E-state index in [1.54, 1.807) is 0 Å². The Morgan fingerprint density at radius 1 is 0.933 bits per heavy atom. The van der Waals surface area contributed by atoms with Crippen LogP contribution in [0.5, 0.6) is 0 Å². The molecular formula is C14H29B. The van der Waals surface area contributed by atoms with Gasteiger partial charge in [-0.15, -0.1) is 0 Å². The van der Waals surface area contributed by atoms with E-state index in [1.165, 1.54) is 64.2 Å². The van der Waals surface area contributed by atoms with Gasteiger partial charge in [-0.25, -0.2) is 0 Å². The molecule has 1 atom stereocenters. The van der Waals surface area contributed by atoms with Crippen molar-refractivity contribution in [2.45, 2.75) is 78.1 Å². The molecule has 15 heavy (non-hydrogen) atoms. The van der Waals surface area contributed by atoms with E-state index < -0.39 is 0 Å². The fraction of sp³-hybridized carbons (Fsp3) is 0.929. The van der Waals surface area contributed by atoms with Crippen LogP contribution < -0.4 is 0 Å². The van der Waals surface area contributed by atoms with Gasteiger partial charge in [0.15, 0.2) is 0 Å². The van der Waals surface area contributed by atoms with Crippen molar-refractivity contribution in [1.82, 2.24) is 0 Å². The van der Waals surface area contributed by atoms with Gasteiger partial charge < -0.3 is 0 Å². The summed E-state index contributed by atoms with van der Waals surface area (Å²) in [6.45, 7) is 4.68. The van der Waals surface area contributed by atoms with E-state index >= 15 is 0 Å². The molecule has 1 heteroatoms. The van der Waals surface area contributed by atoms with E-state index in [0.29, 0.717) is 0 Å². The van der Waals surface area contributed by atoms with Gasteiger partial charge in [0.25, 0.3) is 0 Å². The summed E-state index contributed by atoms with van der Waals surface area (Å²) in [7, 11) is 3.74. The molecule has 88 valence electrons. The molecular weight excluding hydrogens is 179 g/mol. The predicted octanol–water partition coefficient (Wildman–Crippen LogP) is 4.25. The summed E-state index contributed by atoms with van der Waals surface area (Å²) in [5.74, 6) is 2.99. The Bertz CT molecular complexity index is 131. The Hall–Kier alpha value is -0.0651. The molecule has 0 aliphatic rings. The van der Waals surface area contributed by atoms with Crippen molar-refractivity contribution in [3.8, 4) is 0 Å². The molecule has 0 fully saturated rings. The molecule has 1 unspecified atom stereocenters. The minimum absolute atomic E-state index is 0.954. The van der Waals surface area contributed by atoms with Crippen molar-refractivity contribution in [3.63, 3.8) is 0 Å². The number of hydrogen-bond acceptors (Lipinski definition) is 0. The summed E-state index contributed by atoms with van der Waals surface area (Å²) in [5.41, 5.74) is 0. The van der Waals surface area contributed by atoms with Crippen LogP contribution in [-0.2, 0) is 0 Å². The molecule has 0 aromatic heterocycles. The molecule has 0 aliphatic heterocycles. The molecule has 0 aliphatic carbocycles. The Labute approximate surface area is 97.9 Å². The SMILES string of the molecule is B=CCCCCCCCCC(C)CCC. The van der Waals surface area contributed by atoms with Crippen LogP contribution in [-0.4, -0.2) is 13.5 Å². The Kier molecular flexibility index (Phi) is 12.0. The topological polar surface area (TPSA) is 0 Å². The maximum atomic E-state index is 3.74. The van der Waals surface area contributed by atoms with Gasteiger partial charge in [0, 0.05) is 0 Å². The monoisotopic (exact) mass is 208 g/mol. The van der Waals surface area contributed by atoms with Crippen LogP contribution in [0.4, 0.5) is 0 Å². The minimum atomic E-state index is 0.954. The van der Waals surface area contributed by atoms with Crippen LogP contribution in [0.1, 0.15) is 78.1 Å². The molecule has 0 radical (unpaired) electrons. The van der Waals surface area contributed by atoms with Crippen LogP contribution in [0.3, 0.4) is 0 Å². The summed E-state index contributed by atoms with van der Waals surface area (Å²) in [5, 5.41) is 0. The molecule has 0 heterocycles. The molecule has 0 aromatic rings. The summed E-state index contributed by atoms with van der Waals surface area (Å²) in [4.78, 5) is 0. The molecule has 0 N–H and O–H groups in total. The zero-order valence-electron chi connectivity index (χ0n) is 10.9. The number of rotatable bonds is 11.